The van der Waals surface area contributed by atoms with Crippen molar-refractivity contribution in [3.63, 3.8) is 0 Å². The van der Waals surface area contributed by atoms with E-state index in [-0.39, 0.29) is 6.10 Å². The van der Waals surface area contributed by atoms with E-state index in [1.165, 1.54) is 0 Å². The Balaban J connectivity index is 1.94. The summed E-state index contributed by atoms with van der Waals surface area (Å²) in [4.78, 5) is 19.5. The highest BCUT2D eigenvalue weighted by atomic mass is 79.9. The number of benzene rings is 1. The Kier molecular flexibility index (Phi) is 4.34. The molecule has 1 aromatic carbocycles. The topological polar surface area (TPSA) is 64.2 Å². The first-order valence-corrected chi connectivity index (χ1v) is 7.94. The maximum Gasteiger partial charge on any atom is 0.342 e. The quantitative estimate of drug-likeness (QED) is 0.673. The van der Waals surface area contributed by atoms with Gasteiger partial charge in [-0.3, -0.25) is 0 Å². The van der Waals surface area contributed by atoms with Crippen molar-refractivity contribution in [2.24, 2.45) is 0 Å². The lowest BCUT2D eigenvalue weighted by molar-refractivity contribution is 0.0375. The van der Waals surface area contributed by atoms with Crippen molar-refractivity contribution in [2.45, 2.75) is 20.0 Å². The molecule has 0 saturated carbocycles. The lowest BCUT2D eigenvalue weighted by Crippen LogP contribution is -2.12. The van der Waals surface area contributed by atoms with E-state index in [4.69, 9.17) is 9.47 Å². The third-order valence-electron chi connectivity index (χ3n) is 3.11. The van der Waals surface area contributed by atoms with Crippen LogP contribution in [0.4, 0.5) is 0 Å². The van der Waals surface area contributed by atoms with E-state index in [0.29, 0.717) is 17.1 Å². The zero-order chi connectivity index (χ0) is 16.4. The Bertz CT molecular complexity index is 858. The molecule has 1 N–H and O–H groups in total. The summed E-state index contributed by atoms with van der Waals surface area (Å²) in [6.07, 6.45) is 3.22. The van der Waals surface area contributed by atoms with Crippen LogP contribution >= 0.6 is 15.9 Å². The third kappa shape index (κ3) is 3.53. The van der Waals surface area contributed by atoms with Crippen LogP contribution in [-0.4, -0.2) is 22.0 Å². The summed E-state index contributed by atoms with van der Waals surface area (Å²) in [5.74, 6) is 0.550. The summed E-state index contributed by atoms with van der Waals surface area (Å²) >= 11 is 3.39. The Morgan fingerprint density at radius 2 is 2.09 bits per heavy atom. The lowest BCUT2D eigenvalue weighted by atomic mass is 10.2. The highest BCUT2D eigenvalue weighted by Crippen LogP contribution is 2.30. The Morgan fingerprint density at radius 3 is 2.87 bits per heavy atom. The molecule has 118 valence electrons. The molecular weight excluding hydrogens is 360 g/mol. The number of aromatic nitrogens is 2. The molecule has 23 heavy (non-hydrogen) atoms. The number of nitrogens with one attached hydrogen (secondary N) is 1. The van der Waals surface area contributed by atoms with Gasteiger partial charge in [-0.1, -0.05) is 15.9 Å². The fraction of sp³-hybridized carbons (Fsp3) is 0.176. The van der Waals surface area contributed by atoms with E-state index in [0.717, 1.165) is 15.5 Å². The summed E-state index contributed by atoms with van der Waals surface area (Å²) in [6, 6.07) is 8.95. The molecule has 5 nitrogen and oxygen atoms in total. The van der Waals surface area contributed by atoms with Gasteiger partial charge in [0.2, 0.25) is 0 Å². The van der Waals surface area contributed by atoms with Gasteiger partial charge in [0, 0.05) is 16.1 Å². The standard InChI is InChI=1S/C17H15BrN2O3/c1-10(2)22-17(21)14-4-3-12(18)8-15(14)23-13-7-11-5-6-19-16(11)20-9-13/h3-10H,1-2H3,(H,19,20). The van der Waals surface area contributed by atoms with Crippen molar-refractivity contribution < 1.29 is 14.3 Å². The number of pyridine rings is 1. The van der Waals surface area contributed by atoms with Crippen LogP contribution in [0.15, 0.2) is 47.2 Å². The molecule has 0 spiro atoms. The highest BCUT2D eigenvalue weighted by molar-refractivity contribution is 9.10. The van der Waals surface area contributed by atoms with E-state index in [2.05, 4.69) is 25.9 Å². The van der Waals surface area contributed by atoms with Crippen molar-refractivity contribution >= 4 is 32.9 Å². The van der Waals surface area contributed by atoms with Crippen molar-refractivity contribution in [2.75, 3.05) is 0 Å². The maximum atomic E-state index is 12.2. The third-order valence-corrected chi connectivity index (χ3v) is 3.60. The van der Waals surface area contributed by atoms with E-state index >= 15 is 0 Å². The monoisotopic (exact) mass is 374 g/mol. The number of ether oxygens (including phenoxy) is 2. The molecule has 3 aromatic rings. The fourth-order valence-corrected chi connectivity index (χ4v) is 2.47. The molecule has 6 heteroatoms. The summed E-state index contributed by atoms with van der Waals surface area (Å²) in [7, 11) is 0. The smallest absolute Gasteiger partial charge is 0.342 e. The predicted molar refractivity (Wildman–Crippen MR) is 90.9 cm³/mol. The number of esters is 1. The van der Waals surface area contributed by atoms with Crippen LogP contribution in [-0.2, 0) is 4.74 Å². The second-order valence-corrected chi connectivity index (χ2v) is 6.20. The molecule has 3 rings (SSSR count). The van der Waals surface area contributed by atoms with Crippen LogP contribution in [0.2, 0.25) is 0 Å². The summed E-state index contributed by atoms with van der Waals surface area (Å²) in [6.45, 7) is 3.61. The minimum Gasteiger partial charge on any atom is -0.459 e. The molecule has 0 aliphatic rings. The summed E-state index contributed by atoms with van der Waals surface area (Å²) in [5, 5.41) is 0.934. The maximum absolute atomic E-state index is 12.2. The van der Waals surface area contributed by atoms with Gasteiger partial charge < -0.3 is 14.5 Å². The normalized spacial score (nSPS) is 11.0. The van der Waals surface area contributed by atoms with Gasteiger partial charge in [-0.05, 0) is 44.2 Å². The second-order valence-electron chi connectivity index (χ2n) is 5.28. The summed E-state index contributed by atoms with van der Waals surface area (Å²) in [5.41, 5.74) is 1.15. The molecule has 2 aromatic heterocycles. The number of H-pyrrole nitrogens is 1. The number of fused-ring (bicyclic) bond motifs is 1. The first-order valence-electron chi connectivity index (χ1n) is 7.14. The average Bonchev–Trinajstić information content (AvgIpc) is 2.94. The zero-order valence-corrected chi connectivity index (χ0v) is 14.3. The van der Waals surface area contributed by atoms with Crippen molar-refractivity contribution in [3.05, 3.63) is 52.8 Å². The van der Waals surface area contributed by atoms with Crippen molar-refractivity contribution in [1.29, 1.82) is 0 Å². The van der Waals surface area contributed by atoms with E-state index in [9.17, 15) is 4.79 Å². The lowest BCUT2D eigenvalue weighted by Gasteiger charge is -2.13. The minimum absolute atomic E-state index is 0.197. The number of halogens is 1. The summed E-state index contributed by atoms with van der Waals surface area (Å²) < 4.78 is 11.9. The van der Waals surface area contributed by atoms with Gasteiger partial charge >= 0.3 is 5.97 Å². The molecule has 0 amide bonds. The number of aromatic amines is 1. The molecule has 0 aliphatic carbocycles. The van der Waals surface area contributed by atoms with Gasteiger partial charge in [-0.15, -0.1) is 0 Å². The molecule has 0 atom stereocenters. The molecule has 0 radical (unpaired) electrons. The van der Waals surface area contributed by atoms with Gasteiger partial charge in [0.05, 0.1) is 12.3 Å². The minimum atomic E-state index is -0.418. The van der Waals surface area contributed by atoms with Crippen LogP contribution in [0, 0.1) is 0 Å². The van der Waals surface area contributed by atoms with Gasteiger partial charge in [0.15, 0.2) is 0 Å². The number of hydrogen-bond acceptors (Lipinski definition) is 4. The molecule has 0 unspecified atom stereocenters. The molecule has 0 aliphatic heterocycles. The number of nitrogens with zero attached hydrogens (tertiary/aromatic N) is 1. The fourth-order valence-electron chi connectivity index (χ4n) is 2.13. The van der Waals surface area contributed by atoms with E-state index in [1.54, 1.807) is 38.2 Å². The highest BCUT2D eigenvalue weighted by Gasteiger charge is 2.17. The Hall–Kier alpha value is -2.34. The van der Waals surface area contributed by atoms with Crippen molar-refractivity contribution in [3.8, 4) is 11.5 Å². The number of rotatable bonds is 4. The number of carbonyl (C=O) groups is 1. The average molecular weight is 375 g/mol. The van der Waals surface area contributed by atoms with Gasteiger partial charge in [0.25, 0.3) is 0 Å². The van der Waals surface area contributed by atoms with Crippen LogP contribution in [0.25, 0.3) is 11.0 Å². The van der Waals surface area contributed by atoms with Gasteiger partial charge in [-0.25, -0.2) is 9.78 Å². The van der Waals surface area contributed by atoms with E-state index < -0.39 is 5.97 Å². The number of hydrogen-bond donors (Lipinski definition) is 1. The van der Waals surface area contributed by atoms with Crippen LogP contribution in [0.5, 0.6) is 11.5 Å². The molecule has 0 saturated heterocycles. The van der Waals surface area contributed by atoms with Crippen LogP contribution in [0.3, 0.4) is 0 Å². The Labute approximate surface area is 141 Å². The SMILES string of the molecule is CC(C)OC(=O)c1ccc(Br)cc1Oc1cnc2[nH]ccc2c1. The number of carbonyl (C=O) groups excluding carboxylic acids is 1. The van der Waals surface area contributed by atoms with Gasteiger partial charge in [0.1, 0.15) is 22.7 Å². The van der Waals surface area contributed by atoms with E-state index in [1.807, 2.05) is 18.3 Å². The molecular formula is C17H15BrN2O3. The Morgan fingerprint density at radius 1 is 1.26 bits per heavy atom. The molecule has 0 bridgehead atoms. The first-order chi connectivity index (χ1) is 11.0. The zero-order valence-electron chi connectivity index (χ0n) is 12.7. The predicted octanol–water partition coefficient (Wildman–Crippen LogP) is 4.68. The second kappa shape index (κ2) is 6.42. The van der Waals surface area contributed by atoms with Crippen LogP contribution in [0.1, 0.15) is 24.2 Å². The van der Waals surface area contributed by atoms with Crippen LogP contribution < -0.4 is 4.74 Å². The molecule has 0 fully saturated rings. The largest absolute Gasteiger partial charge is 0.459 e. The van der Waals surface area contributed by atoms with Crippen molar-refractivity contribution in [1.82, 2.24) is 9.97 Å². The molecule has 2 heterocycles. The first kappa shape index (κ1) is 15.6. The van der Waals surface area contributed by atoms with Gasteiger partial charge in [-0.2, -0.15) is 0 Å².